The number of carboxylic acids is 1. The Balaban J connectivity index is 3.12. The number of nitrogens with zero attached hydrogens (tertiary/aromatic N) is 1. The third kappa shape index (κ3) is 2.93. The molecule has 1 unspecified atom stereocenters. The molecule has 0 saturated carbocycles. The Morgan fingerprint density at radius 2 is 2.12 bits per heavy atom. The monoisotopic (exact) mass is 239 g/mol. The summed E-state index contributed by atoms with van der Waals surface area (Å²) in [6.07, 6.45) is 1.13. The predicted molar refractivity (Wildman–Crippen MR) is 59.0 cm³/mol. The van der Waals surface area contributed by atoms with Crippen molar-refractivity contribution < 1.29 is 19.4 Å². The van der Waals surface area contributed by atoms with Gasteiger partial charge in [0, 0.05) is 12.3 Å². The first-order valence-corrected chi connectivity index (χ1v) is 5.09. The van der Waals surface area contributed by atoms with E-state index in [1.807, 2.05) is 0 Å². The van der Waals surface area contributed by atoms with Gasteiger partial charge in [0.1, 0.15) is 6.04 Å². The molecule has 0 aromatic carbocycles. The van der Waals surface area contributed by atoms with Crippen LogP contribution in [0.3, 0.4) is 0 Å². The van der Waals surface area contributed by atoms with Crippen LogP contribution in [0.4, 0.5) is 0 Å². The Labute approximate surface area is 97.4 Å². The summed E-state index contributed by atoms with van der Waals surface area (Å²) in [4.78, 5) is 33.7. The zero-order chi connectivity index (χ0) is 13.0. The van der Waals surface area contributed by atoms with Crippen molar-refractivity contribution in [3.63, 3.8) is 0 Å². The van der Waals surface area contributed by atoms with Crippen molar-refractivity contribution in [2.45, 2.75) is 19.9 Å². The zero-order valence-electron chi connectivity index (χ0n) is 9.54. The first kappa shape index (κ1) is 13.0. The molecule has 0 bridgehead atoms. The predicted octanol–water partition coefficient (Wildman–Crippen LogP) is 0.671. The summed E-state index contributed by atoms with van der Waals surface area (Å²) in [6, 6.07) is 1.46. The molecule has 92 valence electrons. The van der Waals surface area contributed by atoms with Crippen molar-refractivity contribution in [3.8, 4) is 0 Å². The number of pyridine rings is 1. The third-order valence-corrected chi connectivity index (χ3v) is 2.23. The van der Waals surface area contributed by atoms with Gasteiger partial charge in [0.15, 0.2) is 0 Å². The molecular weight excluding hydrogens is 226 g/mol. The molecule has 0 aliphatic rings. The van der Waals surface area contributed by atoms with E-state index in [2.05, 4.69) is 0 Å². The van der Waals surface area contributed by atoms with Crippen LogP contribution in [0.25, 0.3) is 0 Å². The molecule has 1 heterocycles. The number of hydrogen-bond donors (Lipinski definition) is 1. The second-order valence-electron chi connectivity index (χ2n) is 3.40. The molecule has 0 saturated heterocycles. The SMILES string of the molecule is CCOC(=O)C(C)n1cc(C(=O)O)ccc1=O. The molecule has 17 heavy (non-hydrogen) atoms. The number of carbonyl (C=O) groups is 2. The van der Waals surface area contributed by atoms with E-state index in [0.717, 1.165) is 16.8 Å². The second kappa shape index (κ2) is 5.29. The number of hydrogen-bond acceptors (Lipinski definition) is 4. The summed E-state index contributed by atoms with van der Waals surface area (Å²) < 4.78 is 5.81. The van der Waals surface area contributed by atoms with E-state index in [0.29, 0.717) is 0 Å². The lowest BCUT2D eigenvalue weighted by Crippen LogP contribution is -2.29. The first-order chi connectivity index (χ1) is 7.97. The standard InChI is InChI=1S/C11H13NO5/c1-3-17-11(16)7(2)12-6-8(10(14)15)4-5-9(12)13/h4-7H,3H2,1-2H3,(H,14,15). The Morgan fingerprint density at radius 3 is 2.65 bits per heavy atom. The smallest absolute Gasteiger partial charge is 0.337 e. The Morgan fingerprint density at radius 1 is 1.47 bits per heavy atom. The van der Waals surface area contributed by atoms with Crippen LogP contribution >= 0.6 is 0 Å². The first-order valence-electron chi connectivity index (χ1n) is 5.09. The maximum absolute atomic E-state index is 11.5. The minimum atomic E-state index is -1.16. The lowest BCUT2D eigenvalue weighted by molar-refractivity contribution is -0.146. The van der Waals surface area contributed by atoms with Gasteiger partial charge in [-0.1, -0.05) is 0 Å². The molecule has 0 fully saturated rings. The largest absolute Gasteiger partial charge is 0.478 e. The topological polar surface area (TPSA) is 85.6 Å². The molecule has 1 aromatic heterocycles. The van der Waals surface area contributed by atoms with Crippen LogP contribution in [0.1, 0.15) is 30.2 Å². The lowest BCUT2D eigenvalue weighted by Gasteiger charge is -2.13. The van der Waals surface area contributed by atoms with E-state index < -0.39 is 23.5 Å². The highest BCUT2D eigenvalue weighted by molar-refractivity contribution is 5.87. The molecule has 0 aliphatic heterocycles. The van der Waals surface area contributed by atoms with Gasteiger partial charge in [0.05, 0.1) is 12.2 Å². The third-order valence-electron chi connectivity index (χ3n) is 2.23. The molecule has 1 aromatic rings. The van der Waals surface area contributed by atoms with Gasteiger partial charge in [-0.05, 0) is 19.9 Å². The van der Waals surface area contributed by atoms with Crippen LogP contribution < -0.4 is 5.56 Å². The van der Waals surface area contributed by atoms with Crippen molar-refractivity contribution in [2.75, 3.05) is 6.61 Å². The van der Waals surface area contributed by atoms with Crippen LogP contribution in [0.5, 0.6) is 0 Å². The van der Waals surface area contributed by atoms with Gasteiger partial charge in [-0.2, -0.15) is 0 Å². The highest BCUT2D eigenvalue weighted by Crippen LogP contribution is 2.06. The number of esters is 1. The van der Waals surface area contributed by atoms with E-state index in [1.54, 1.807) is 6.92 Å². The molecule has 1 atom stereocenters. The fourth-order valence-corrected chi connectivity index (χ4v) is 1.31. The normalized spacial score (nSPS) is 11.9. The van der Waals surface area contributed by atoms with Crippen molar-refractivity contribution >= 4 is 11.9 Å². The number of aromatic nitrogens is 1. The van der Waals surface area contributed by atoms with Crippen molar-refractivity contribution in [3.05, 3.63) is 34.2 Å². The summed E-state index contributed by atoms with van der Waals surface area (Å²) in [5, 5.41) is 8.79. The lowest BCUT2D eigenvalue weighted by atomic mass is 10.2. The van der Waals surface area contributed by atoms with E-state index in [-0.39, 0.29) is 12.2 Å². The zero-order valence-corrected chi connectivity index (χ0v) is 9.54. The summed E-state index contributed by atoms with van der Waals surface area (Å²) in [5.74, 6) is -1.73. The van der Waals surface area contributed by atoms with Gasteiger partial charge in [-0.25, -0.2) is 9.59 Å². The molecule has 6 nitrogen and oxygen atoms in total. The van der Waals surface area contributed by atoms with Gasteiger partial charge < -0.3 is 14.4 Å². The summed E-state index contributed by atoms with van der Waals surface area (Å²) in [5.41, 5.74) is -0.503. The summed E-state index contributed by atoms with van der Waals surface area (Å²) in [6.45, 7) is 3.34. The highest BCUT2D eigenvalue weighted by Gasteiger charge is 2.18. The van der Waals surface area contributed by atoms with E-state index in [1.165, 1.54) is 13.0 Å². The number of carbonyl (C=O) groups excluding carboxylic acids is 1. The fourth-order valence-electron chi connectivity index (χ4n) is 1.31. The highest BCUT2D eigenvalue weighted by atomic mass is 16.5. The number of carboxylic acid groups (broad SMARTS) is 1. The van der Waals surface area contributed by atoms with Gasteiger partial charge in [0.25, 0.3) is 5.56 Å². The number of aromatic carboxylic acids is 1. The van der Waals surface area contributed by atoms with Crippen LogP contribution in [0.2, 0.25) is 0 Å². The fraction of sp³-hybridized carbons (Fsp3) is 0.364. The summed E-state index contributed by atoms with van der Waals surface area (Å²) in [7, 11) is 0. The van der Waals surface area contributed by atoms with E-state index >= 15 is 0 Å². The van der Waals surface area contributed by atoms with E-state index in [9.17, 15) is 14.4 Å². The van der Waals surface area contributed by atoms with Crippen LogP contribution in [0.15, 0.2) is 23.1 Å². The molecule has 0 aliphatic carbocycles. The van der Waals surface area contributed by atoms with E-state index in [4.69, 9.17) is 9.84 Å². The Kier molecular flexibility index (Phi) is 4.03. The Hall–Kier alpha value is -2.11. The average Bonchev–Trinajstić information content (AvgIpc) is 2.28. The van der Waals surface area contributed by atoms with Crippen LogP contribution in [-0.2, 0) is 9.53 Å². The van der Waals surface area contributed by atoms with Crippen LogP contribution in [0, 0.1) is 0 Å². The molecule has 1 N–H and O–H groups in total. The maximum atomic E-state index is 11.5. The summed E-state index contributed by atoms with van der Waals surface area (Å²) >= 11 is 0. The minimum absolute atomic E-state index is 0.0549. The number of ether oxygens (including phenoxy) is 1. The molecular formula is C11H13NO5. The van der Waals surface area contributed by atoms with Gasteiger partial charge in [0.2, 0.25) is 0 Å². The second-order valence-corrected chi connectivity index (χ2v) is 3.40. The number of rotatable bonds is 4. The minimum Gasteiger partial charge on any atom is -0.478 e. The van der Waals surface area contributed by atoms with Crippen molar-refractivity contribution in [2.24, 2.45) is 0 Å². The average molecular weight is 239 g/mol. The molecule has 0 spiro atoms. The molecule has 6 heteroatoms. The quantitative estimate of drug-likeness (QED) is 0.780. The van der Waals surface area contributed by atoms with Crippen molar-refractivity contribution in [1.82, 2.24) is 4.57 Å². The van der Waals surface area contributed by atoms with Gasteiger partial charge >= 0.3 is 11.9 Å². The maximum Gasteiger partial charge on any atom is 0.337 e. The van der Waals surface area contributed by atoms with Crippen molar-refractivity contribution in [1.29, 1.82) is 0 Å². The Bertz CT molecular complexity index is 491. The molecule has 0 radical (unpaired) electrons. The van der Waals surface area contributed by atoms with Gasteiger partial charge in [-0.15, -0.1) is 0 Å². The molecule has 1 rings (SSSR count). The van der Waals surface area contributed by atoms with Crippen LogP contribution in [-0.4, -0.2) is 28.2 Å². The molecule has 0 amide bonds. The van der Waals surface area contributed by atoms with Gasteiger partial charge in [-0.3, -0.25) is 4.79 Å².